The van der Waals surface area contributed by atoms with Crippen molar-refractivity contribution in [2.24, 2.45) is 0 Å². The van der Waals surface area contributed by atoms with E-state index in [4.69, 9.17) is 0 Å². The lowest BCUT2D eigenvalue weighted by atomic mass is 10.2. The molecular formula is C20H21N5O3S. The first-order valence-electron chi connectivity index (χ1n) is 9.37. The molecule has 1 saturated heterocycles. The van der Waals surface area contributed by atoms with Gasteiger partial charge in [-0.2, -0.15) is 9.40 Å². The fourth-order valence-electron chi connectivity index (χ4n) is 3.26. The van der Waals surface area contributed by atoms with Crippen molar-refractivity contribution >= 4 is 15.9 Å². The minimum atomic E-state index is -3.56. The van der Waals surface area contributed by atoms with Crippen molar-refractivity contribution in [3.05, 3.63) is 72.2 Å². The van der Waals surface area contributed by atoms with Crippen LogP contribution in [0.15, 0.2) is 66.0 Å². The average Bonchev–Trinajstić information content (AvgIpc) is 3.47. The van der Waals surface area contributed by atoms with Gasteiger partial charge in [-0.1, -0.05) is 6.07 Å². The van der Waals surface area contributed by atoms with Crippen LogP contribution < -0.4 is 5.32 Å². The zero-order chi connectivity index (χ0) is 20.3. The monoisotopic (exact) mass is 411 g/mol. The first kappa shape index (κ1) is 19.3. The topological polar surface area (TPSA) is 97.2 Å². The molecule has 1 amide bonds. The summed E-state index contributed by atoms with van der Waals surface area (Å²) in [6.07, 6.45) is 6.84. The molecular weight excluding hydrogens is 390 g/mol. The standard InChI is InChI=1S/C20H21N5O3S/c26-20(22-15-16-7-9-21-19(13-16)25-12-4-8-23-25)17-5-3-6-18(14-17)29(27,28)24-10-1-2-11-24/h3-9,12-14H,1-2,10-11,15H2,(H,22,26). The molecule has 0 saturated carbocycles. The largest absolute Gasteiger partial charge is 0.348 e. The van der Waals surface area contributed by atoms with Gasteiger partial charge in [0.15, 0.2) is 5.82 Å². The Bertz CT molecular complexity index is 1110. The highest BCUT2D eigenvalue weighted by atomic mass is 32.2. The lowest BCUT2D eigenvalue weighted by Crippen LogP contribution is -2.28. The number of pyridine rings is 1. The van der Waals surface area contributed by atoms with E-state index in [1.807, 2.05) is 12.1 Å². The van der Waals surface area contributed by atoms with E-state index in [1.54, 1.807) is 41.5 Å². The van der Waals surface area contributed by atoms with E-state index in [2.05, 4.69) is 15.4 Å². The molecule has 1 aliphatic rings. The summed E-state index contributed by atoms with van der Waals surface area (Å²) < 4.78 is 28.5. The van der Waals surface area contributed by atoms with Gasteiger partial charge in [-0.15, -0.1) is 0 Å². The molecule has 8 nitrogen and oxygen atoms in total. The number of nitrogens with zero attached hydrogens (tertiary/aromatic N) is 4. The second-order valence-corrected chi connectivity index (χ2v) is 8.73. The van der Waals surface area contributed by atoms with E-state index in [-0.39, 0.29) is 10.8 Å². The van der Waals surface area contributed by atoms with Gasteiger partial charge in [0.05, 0.1) is 4.90 Å². The van der Waals surface area contributed by atoms with Crippen LogP contribution in [-0.2, 0) is 16.6 Å². The Morgan fingerprint density at radius 1 is 1.07 bits per heavy atom. The number of aromatic nitrogens is 3. The number of amides is 1. The summed E-state index contributed by atoms with van der Waals surface area (Å²) in [6.45, 7) is 1.34. The van der Waals surface area contributed by atoms with E-state index in [1.165, 1.54) is 16.4 Å². The summed E-state index contributed by atoms with van der Waals surface area (Å²) >= 11 is 0. The molecule has 150 valence electrons. The molecule has 4 rings (SSSR count). The zero-order valence-electron chi connectivity index (χ0n) is 15.7. The lowest BCUT2D eigenvalue weighted by Gasteiger charge is -2.16. The normalized spacial score (nSPS) is 14.8. The number of benzene rings is 1. The molecule has 2 aromatic heterocycles. The van der Waals surface area contributed by atoms with Crippen LogP contribution in [0.2, 0.25) is 0 Å². The van der Waals surface area contributed by atoms with E-state index in [9.17, 15) is 13.2 Å². The summed E-state index contributed by atoms with van der Waals surface area (Å²) in [4.78, 5) is 17.0. The molecule has 0 atom stereocenters. The number of carbonyl (C=O) groups is 1. The minimum absolute atomic E-state index is 0.150. The maximum atomic E-state index is 12.7. The van der Waals surface area contributed by atoms with Gasteiger partial charge in [0.1, 0.15) is 0 Å². The Labute approximate surface area is 169 Å². The van der Waals surface area contributed by atoms with Crippen molar-refractivity contribution in [1.29, 1.82) is 0 Å². The van der Waals surface area contributed by atoms with Crippen molar-refractivity contribution in [2.75, 3.05) is 13.1 Å². The van der Waals surface area contributed by atoms with E-state index in [0.717, 1.165) is 18.4 Å². The van der Waals surface area contributed by atoms with Gasteiger partial charge in [0, 0.05) is 43.8 Å². The molecule has 9 heteroatoms. The molecule has 1 fully saturated rings. The molecule has 0 unspecified atom stereocenters. The van der Waals surface area contributed by atoms with Crippen molar-refractivity contribution in [2.45, 2.75) is 24.3 Å². The Kier molecular flexibility index (Phi) is 5.41. The highest BCUT2D eigenvalue weighted by Crippen LogP contribution is 2.21. The molecule has 0 bridgehead atoms. The fraction of sp³-hybridized carbons (Fsp3) is 0.250. The predicted octanol–water partition coefficient (Wildman–Crippen LogP) is 1.98. The summed E-state index contributed by atoms with van der Waals surface area (Å²) in [6, 6.07) is 11.6. The van der Waals surface area contributed by atoms with Gasteiger partial charge in [-0.25, -0.2) is 18.1 Å². The number of hydrogen-bond acceptors (Lipinski definition) is 5. The van der Waals surface area contributed by atoms with E-state index in [0.29, 0.717) is 31.0 Å². The van der Waals surface area contributed by atoms with Gasteiger partial charge in [0.2, 0.25) is 10.0 Å². The summed E-state index contributed by atoms with van der Waals surface area (Å²) in [5.74, 6) is 0.321. The van der Waals surface area contributed by atoms with E-state index >= 15 is 0 Å². The number of carbonyl (C=O) groups excluding carboxylic acids is 1. The molecule has 1 aromatic carbocycles. The predicted molar refractivity (Wildman–Crippen MR) is 107 cm³/mol. The number of rotatable bonds is 6. The first-order valence-corrected chi connectivity index (χ1v) is 10.8. The summed E-state index contributed by atoms with van der Waals surface area (Å²) in [5, 5.41) is 6.97. The number of sulfonamides is 1. The molecule has 0 spiro atoms. The highest BCUT2D eigenvalue weighted by Gasteiger charge is 2.27. The Morgan fingerprint density at radius 3 is 2.66 bits per heavy atom. The molecule has 3 heterocycles. The fourth-order valence-corrected chi connectivity index (χ4v) is 4.82. The SMILES string of the molecule is O=C(NCc1ccnc(-n2cccn2)c1)c1cccc(S(=O)(=O)N2CCCC2)c1. The van der Waals surface area contributed by atoms with Crippen molar-refractivity contribution in [3.8, 4) is 5.82 Å². The third-order valence-corrected chi connectivity index (χ3v) is 6.70. The molecule has 29 heavy (non-hydrogen) atoms. The van der Waals surface area contributed by atoms with Crippen LogP contribution in [0.3, 0.4) is 0 Å². The van der Waals surface area contributed by atoms with Gasteiger partial charge in [0.25, 0.3) is 5.91 Å². The van der Waals surface area contributed by atoms with Crippen molar-refractivity contribution < 1.29 is 13.2 Å². The molecule has 1 N–H and O–H groups in total. The number of hydrogen-bond donors (Lipinski definition) is 1. The Morgan fingerprint density at radius 2 is 1.90 bits per heavy atom. The maximum Gasteiger partial charge on any atom is 0.251 e. The van der Waals surface area contributed by atoms with Gasteiger partial charge >= 0.3 is 0 Å². The summed E-state index contributed by atoms with van der Waals surface area (Å²) in [7, 11) is -3.56. The Hall–Kier alpha value is -3.04. The Balaban J connectivity index is 1.46. The average molecular weight is 411 g/mol. The van der Waals surface area contributed by atoms with Crippen molar-refractivity contribution in [3.63, 3.8) is 0 Å². The van der Waals surface area contributed by atoms with Crippen LogP contribution in [0, 0.1) is 0 Å². The van der Waals surface area contributed by atoms with Gasteiger partial charge in [-0.3, -0.25) is 4.79 Å². The van der Waals surface area contributed by atoms with Crippen LogP contribution in [0.5, 0.6) is 0 Å². The second kappa shape index (κ2) is 8.14. The minimum Gasteiger partial charge on any atom is -0.348 e. The van der Waals surface area contributed by atoms with Gasteiger partial charge in [-0.05, 0) is 54.8 Å². The second-order valence-electron chi connectivity index (χ2n) is 6.79. The van der Waals surface area contributed by atoms with Crippen LogP contribution in [0.25, 0.3) is 5.82 Å². The van der Waals surface area contributed by atoms with Crippen LogP contribution in [0.4, 0.5) is 0 Å². The van der Waals surface area contributed by atoms with Crippen molar-refractivity contribution in [1.82, 2.24) is 24.4 Å². The van der Waals surface area contributed by atoms with Gasteiger partial charge < -0.3 is 5.32 Å². The quantitative estimate of drug-likeness (QED) is 0.669. The number of nitrogens with one attached hydrogen (secondary N) is 1. The van der Waals surface area contributed by atoms with Crippen LogP contribution in [0.1, 0.15) is 28.8 Å². The molecule has 0 aliphatic carbocycles. The first-order chi connectivity index (χ1) is 14.0. The van der Waals surface area contributed by atoms with Crippen LogP contribution >= 0.6 is 0 Å². The summed E-state index contributed by atoms with van der Waals surface area (Å²) in [5.41, 5.74) is 1.17. The van der Waals surface area contributed by atoms with Crippen LogP contribution in [-0.4, -0.2) is 46.5 Å². The third-order valence-electron chi connectivity index (χ3n) is 4.80. The smallest absolute Gasteiger partial charge is 0.251 e. The maximum absolute atomic E-state index is 12.7. The van der Waals surface area contributed by atoms with E-state index < -0.39 is 10.0 Å². The lowest BCUT2D eigenvalue weighted by molar-refractivity contribution is 0.0950. The highest BCUT2D eigenvalue weighted by molar-refractivity contribution is 7.89. The third kappa shape index (κ3) is 4.20. The zero-order valence-corrected chi connectivity index (χ0v) is 16.5. The molecule has 0 radical (unpaired) electrons. The molecule has 1 aliphatic heterocycles. The molecule has 3 aromatic rings.